The van der Waals surface area contributed by atoms with E-state index in [4.69, 9.17) is 5.11 Å². The zero-order chi connectivity index (χ0) is 8.43. The molecule has 58 valence electrons. The van der Waals surface area contributed by atoms with Gasteiger partial charge >= 0.3 is 0 Å². The third-order valence-corrected chi connectivity index (χ3v) is 1.42. The van der Waals surface area contributed by atoms with Gasteiger partial charge in [0.1, 0.15) is 11.4 Å². The highest BCUT2D eigenvalue weighted by Gasteiger charge is 2.02. The fourth-order valence-electron chi connectivity index (χ4n) is 0.750. The first-order chi connectivity index (χ1) is 5.11. The molecule has 0 amide bonds. The molecular formula is C8H9NO2. The van der Waals surface area contributed by atoms with Gasteiger partial charge in [-0.25, -0.2) is 4.98 Å². The van der Waals surface area contributed by atoms with Gasteiger partial charge in [0.05, 0.1) is 5.69 Å². The van der Waals surface area contributed by atoms with Crippen LogP contribution in [0, 0.1) is 6.92 Å². The fourth-order valence-corrected chi connectivity index (χ4v) is 0.750. The molecule has 1 aromatic rings. The van der Waals surface area contributed by atoms with Gasteiger partial charge in [0.15, 0.2) is 5.78 Å². The number of carbonyl (C=O) groups is 1. The average Bonchev–Trinajstić information content (AvgIpc) is 1.94. The van der Waals surface area contributed by atoms with Gasteiger partial charge in [-0.1, -0.05) is 0 Å². The smallest absolute Gasteiger partial charge is 0.178 e. The van der Waals surface area contributed by atoms with Gasteiger partial charge < -0.3 is 5.11 Å². The lowest BCUT2D eigenvalue weighted by Crippen LogP contribution is -1.97. The minimum Gasteiger partial charge on any atom is -0.506 e. The molecule has 0 aliphatic carbocycles. The van der Waals surface area contributed by atoms with Crippen molar-refractivity contribution in [3.63, 3.8) is 0 Å². The molecule has 0 saturated carbocycles. The van der Waals surface area contributed by atoms with E-state index in [1.165, 1.54) is 19.1 Å². The Bertz CT molecular complexity index is 294. The molecule has 0 aliphatic heterocycles. The summed E-state index contributed by atoms with van der Waals surface area (Å²) in [5.74, 6) is 0.0306. The molecule has 0 spiro atoms. The van der Waals surface area contributed by atoms with Gasteiger partial charge in [-0.3, -0.25) is 4.79 Å². The first-order valence-electron chi connectivity index (χ1n) is 3.29. The Morgan fingerprint density at radius 3 is 2.64 bits per heavy atom. The number of hydrogen-bond acceptors (Lipinski definition) is 3. The molecule has 0 saturated heterocycles. The van der Waals surface area contributed by atoms with E-state index in [-0.39, 0.29) is 11.5 Å². The van der Waals surface area contributed by atoms with Crippen LogP contribution in [0.4, 0.5) is 0 Å². The third kappa shape index (κ3) is 1.55. The maximum absolute atomic E-state index is 10.8. The van der Waals surface area contributed by atoms with E-state index in [1.807, 2.05) is 0 Å². The van der Waals surface area contributed by atoms with Crippen molar-refractivity contribution in [3.8, 4) is 5.75 Å². The number of aromatic nitrogens is 1. The predicted octanol–water partition coefficient (Wildman–Crippen LogP) is 1.30. The topological polar surface area (TPSA) is 50.2 Å². The molecule has 0 aliphatic rings. The molecule has 1 N–H and O–H groups in total. The van der Waals surface area contributed by atoms with Crippen molar-refractivity contribution in [2.75, 3.05) is 0 Å². The normalized spacial score (nSPS) is 9.64. The largest absolute Gasteiger partial charge is 0.506 e. The van der Waals surface area contributed by atoms with Gasteiger partial charge in [0.2, 0.25) is 0 Å². The Labute approximate surface area is 64.7 Å². The van der Waals surface area contributed by atoms with Crippen LogP contribution in [-0.2, 0) is 0 Å². The number of rotatable bonds is 1. The summed E-state index contributed by atoms with van der Waals surface area (Å²) in [7, 11) is 0. The highest BCUT2D eigenvalue weighted by Crippen LogP contribution is 2.12. The van der Waals surface area contributed by atoms with Gasteiger partial charge in [-0.05, 0) is 19.1 Å². The van der Waals surface area contributed by atoms with Crippen LogP contribution in [0.1, 0.15) is 23.1 Å². The second-order valence-corrected chi connectivity index (χ2v) is 2.36. The van der Waals surface area contributed by atoms with Crippen LogP contribution >= 0.6 is 0 Å². The molecule has 1 heterocycles. The molecule has 11 heavy (non-hydrogen) atoms. The van der Waals surface area contributed by atoms with E-state index in [0.717, 1.165) is 0 Å². The molecule has 0 unspecified atom stereocenters. The highest BCUT2D eigenvalue weighted by molar-refractivity contribution is 5.92. The van der Waals surface area contributed by atoms with Crippen LogP contribution in [0.2, 0.25) is 0 Å². The number of aryl methyl sites for hydroxylation is 1. The average molecular weight is 151 g/mol. The number of hydrogen-bond donors (Lipinski definition) is 1. The molecule has 1 aromatic heterocycles. The first-order valence-corrected chi connectivity index (χ1v) is 3.29. The monoisotopic (exact) mass is 151 g/mol. The SMILES string of the molecule is CC(=O)c1ccc(O)c(C)n1. The maximum Gasteiger partial charge on any atom is 0.178 e. The minimum atomic E-state index is -0.0897. The second-order valence-electron chi connectivity index (χ2n) is 2.36. The molecule has 0 radical (unpaired) electrons. The van der Waals surface area contributed by atoms with Crippen molar-refractivity contribution in [1.82, 2.24) is 4.98 Å². The van der Waals surface area contributed by atoms with E-state index in [9.17, 15) is 4.79 Å². The van der Waals surface area contributed by atoms with Crippen molar-refractivity contribution in [3.05, 3.63) is 23.5 Å². The number of ketones is 1. The Kier molecular flexibility index (Phi) is 1.89. The number of pyridine rings is 1. The number of Topliss-reactive ketones (excluding diaryl/α,β-unsaturated/α-hetero) is 1. The zero-order valence-corrected chi connectivity index (χ0v) is 6.46. The van der Waals surface area contributed by atoms with E-state index in [0.29, 0.717) is 11.4 Å². The molecule has 0 atom stereocenters. The van der Waals surface area contributed by atoms with E-state index in [2.05, 4.69) is 4.98 Å². The molecule has 1 rings (SSSR count). The van der Waals surface area contributed by atoms with Gasteiger partial charge in [0.25, 0.3) is 0 Å². The summed E-state index contributed by atoms with van der Waals surface area (Å²) in [6.45, 7) is 3.10. The van der Waals surface area contributed by atoms with Crippen LogP contribution in [0.3, 0.4) is 0 Å². The van der Waals surface area contributed by atoms with Crippen LogP contribution in [0.25, 0.3) is 0 Å². The molecule has 0 bridgehead atoms. The standard InChI is InChI=1S/C8H9NO2/c1-5-8(11)4-3-7(9-5)6(2)10/h3-4,11H,1-2H3. The Balaban J connectivity index is 3.15. The van der Waals surface area contributed by atoms with Crippen LogP contribution in [0.15, 0.2) is 12.1 Å². The molecule has 3 heteroatoms. The quantitative estimate of drug-likeness (QED) is 0.615. The lowest BCUT2D eigenvalue weighted by molar-refractivity contribution is 0.101. The fraction of sp³-hybridized carbons (Fsp3) is 0.250. The summed E-state index contributed by atoms with van der Waals surface area (Å²) < 4.78 is 0. The summed E-state index contributed by atoms with van der Waals surface area (Å²) in [6, 6.07) is 2.98. The summed E-state index contributed by atoms with van der Waals surface area (Å²) >= 11 is 0. The predicted molar refractivity (Wildman–Crippen MR) is 40.6 cm³/mol. The number of aromatic hydroxyl groups is 1. The Hall–Kier alpha value is -1.38. The maximum atomic E-state index is 10.8. The van der Waals surface area contributed by atoms with Crippen molar-refractivity contribution in [2.24, 2.45) is 0 Å². The highest BCUT2D eigenvalue weighted by atomic mass is 16.3. The number of nitrogens with zero attached hydrogens (tertiary/aromatic N) is 1. The van der Waals surface area contributed by atoms with Crippen molar-refractivity contribution >= 4 is 5.78 Å². The van der Waals surface area contributed by atoms with Crippen LogP contribution in [0.5, 0.6) is 5.75 Å². The Morgan fingerprint density at radius 1 is 1.55 bits per heavy atom. The van der Waals surface area contributed by atoms with Crippen molar-refractivity contribution in [1.29, 1.82) is 0 Å². The minimum absolute atomic E-state index is 0.0897. The first kappa shape index (κ1) is 7.72. The van der Waals surface area contributed by atoms with E-state index >= 15 is 0 Å². The lowest BCUT2D eigenvalue weighted by Gasteiger charge is -1.98. The molecule has 3 nitrogen and oxygen atoms in total. The lowest BCUT2D eigenvalue weighted by atomic mass is 10.2. The molecule has 0 aromatic carbocycles. The second kappa shape index (κ2) is 2.70. The summed E-state index contributed by atoms with van der Waals surface area (Å²) in [6.07, 6.45) is 0. The molecule has 0 fully saturated rings. The van der Waals surface area contributed by atoms with Crippen LogP contribution in [-0.4, -0.2) is 15.9 Å². The summed E-state index contributed by atoms with van der Waals surface area (Å²) in [5.41, 5.74) is 0.873. The number of carbonyl (C=O) groups excluding carboxylic acids is 1. The van der Waals surface area contributed by atoms with Gasteiger partial charge in [-0.2, -0.15) is 0 Å². The molecular weight excluding hydrogens is 142 g/mol. The zero-order valence-electron chi connectivity index (χ0n) is 6.46. The van der Waals surface area contributed by atoms with Crippen LogP contribution < -0.4 is 0 Å². The Morgan fingerprint density at radius 2 is 2.18 bits per heavy atom. The van der Waals surface area contributed by atoms with Crippen molar-refractivity contribution < 1.29 is 9.90 Å². The summed E-state index contributed by atoms with van der Waals surface area (Å²) in [4.78, 5) is 14.6. The van der Waals surface area contributed by atoms with Gasteiger partial charge in [0, 0.05) is 6.92 Å². The van der Waals surface area contributed by atoms with Crippen molar-refractivity contribution in [2.45, 2.75) is 13.8 Å². The third-order valence-electron chi connectivity index (χ3n) is 1.42. The van der Waals surface area contributed by atoms with Gasteiger partial charge in [-0.15, -0.1) is 0 Å². The van der Waals surface area contributed by atoms with E-state index in [1.54, 1.807) is 6.92 Å². The summed E-state index contributed by atoms with van der Waals surface area (Å²) in [5, 5.41) is 9.05. The van der Waals surface area contributed by atoms with E-state index < -0.39 is 0 Å².